The molecule has 0 saturated heterocycles. The summed E-state index contributed by atoms with van der Waals surface area (Å²) in [7, 11) is 1.36. The number of aromatic nitrogens is 1. The minimum atomic E-state index is -0.391. The Hall–Kier alpha value is -4.70. The molecule has 0 saturated carbocycles. The van der Waals surface area contributed by atoms with Crippen molar-refractivity contribution in [2.75, 3.05) is 7.11 Å². The molecule has 0 aliphatic heterocycles. The van der Waals surface area contributed by atoms with E-state index in [1.807, 2.05) is 109 Å². The Morgan fingerprint density at radius 1 is 0.743 bits per heavy atom. The molecule has 0 fully saturated rings. The Bertz CT molecular complexity index is 1430. The second-order valence-electron chi connectivity index (χ2n) is 7.96. The molecule has 0 N–H and O–H groups in total. The van der Waals surface area contributed by atoms with E-state index in [0.717, 1.165) is 44.8 Å². The van der Waals surface area contributed by atoms with Crippen molar-refractivity contribution in [1.29, 1.82) is 0 Å². The molecule has 1 aromatic heterocycles. The maximum absolute atomic E-state index is 11.5. The third-order valence-corrected chi connectivity index (χ3v) is 5.68. The van der Waals surface area contributed by atoms with Gasteiger partial charge in [0, 0.05) is 22.8 Å². The van der Waals surface area contributed by atoms with Gasteiger partial charge in [0.05, 0.1) is 7.11 Å². The van der Waals surface area contributed by atoms with Crippen LogP contribution in [0.4, 0.5) is 0 Å². The first kappa shape index (κ1) is 22.1. The Morgan fingerprint density at radius 3 is 2.09 bits per heavy atom. The topological polar surface area (TPSA) is 52.3 Å². The lowest BCUT2D eigenvalue weighted by molar-refractivity contribution is -0.134. The molecular formula is C31H23NO3. The van der Waals surface area contributed by atoms with Crippen molar-refractivity contribution in [1.82, 2.24) is 4.98 Å². The van der Waals surface area contributed by atoms with E-state index in [1.165, 1.54) is 13.2 Å². The predicted octanol–water partition coefficient (Wildman–Crippen LogP) is 7.53. The van der Waals surface area contributed by atoms with Gasteiger partial charge in [-0.05, 0) is 34.9 Å². The molecule has 0 spiro atoms. The second-order valence-corrected chi connectivity index (χ2v) is 7.96. The van der Waals surface area contributed by atoms with Crippen molar-refractivity contribution in [3.8, 4) is 45.2 Å². The number of methoxy groups -OCH3 is 1. The molecule has 4 heteroatoms. The van der Waals surface area contributed by atoms with Crippen LogP contribution in [-0.4, -0.2) is 18.1 Å². The molecule has 5 rings (SSSR count). The molecule has 0 aliphatic rings. The molecule has 170 valence electrons. The van der Waals surface area contributed by atoms with Gasteiger partial charge in [0.2, 0.25) is 5.89 Å². The lowest BCUT2D eigenvalue weighted by Crippen LogP contribution is -1.93. The van der Waals surface area contributed by atoms with Crippen LogP contribution < -0.4 is 0 Å². The van der Waals surface area contributed by atoms with E-state index in [2.05, 4.69) is 0 Å². The Balaban J connectivity index is 1.62. The summed E-state index contributed by atoms with van der Waals surface area (Å²) >= 11 is 0. The lowest BCUT2D eigenvalue weighted by Gasteiger charge is -2.08. The van der Waals surface area contributed by atoms with Crippen LogP contribution in [0.3, 0.4) is 0 Å². The maximum atomic E-state index is 11.5. The fraction of sp³-hybridized carbons (Fsp3) is 0.0323. The third kappa shape index (κ3) is 4.82. The summed E-state index contributed by atoms with van der Waals surface area (Å²) in [6.07, 6.45) is 3.15. The van der Waals surface area contributed by atoms with Gasteiger partial charge in [-0.2, -0.15) is 0 Å². The smallest absolute Gasteiger partial charge is 0.330 e. The van der Waals surface area contributed by atoms with E-state index in [1.54, 1.807) is 6.08 Å². The Morgan fingerprint density at radius 2 is 1.37 bits per heavy atom. The van der Waals surface area contributed by atoms with Crippen molar-refractivity contribution in [2.45, 2.75) is 0 Å². The predicted molar refractivity (Wildman–Crippen MR) is 139 cm³/mol. The number of oxazole rings is 1. The van der Waals surface area contributed by atoms with Crippen LogP contribution in [0.1, 0.15) is 5.56 Å². The van der Waals surface area contributed by atoms with Crippen LogP contribution >= 0.6 is 0 Å². The molecule has 4 aromatic carbocycles. The number of rotatable bonds is 6. The molecule has 5 aromatic rings. The zero-order valence-corrected chi connectivity index (χ0v) is 19.2. The van der Waals surface area contributed by atoms with Gasteiger partial charge in [0.15, 0.2) is 5.76 Å². The molecule has 0 aliphatic carbocycles. The number of carbonyl (C=O) groups excluding carboxylic acids is 1. The minimum Gasteiger partial charge on any atom is -0.466 e. The van der Waals surface area contributed by atoms with Crippen LogP contribution in [0.25, 0.3) is 51.2 Å². The van der Waals surface area contributed by atoms with Crippen molar-refractivity contribution in [3.05, 3.63) is 121 Å². The van der Waals surface area contributed by atoms with E-state index >= 15 is 0 Å². The Kier molecular flexibility index (Phi) is 6.35. The number of carbonyl (C=O) groups is 1. The van der Waals surface area contributed by atoms with E-state index in [9.17, 15) is 4.79 Å². The summed E-state index contributed by atoms with van der Waals surface area (Å²) in [5, 5.41) is 0. The van der Waals surface area contributed by atoms with E-state index in [0.29, 0.717) is 5.89 Å². The largest absolute Gasteiger partial charge is 0.466 e. The highest BCUT2D eigenvalue weighted by Crippen LogP contribution is 2.39. The molecule has 4 nitrogen and oxygen atoms in total. The SMILES string of the molecule is COC(=O)/C=C/c1cccc(-c2ccccc2-c2nc(-c3ccccc3)c(-c3ccccc3)o2)c1. The number of benzene rings is 4. The van der Waals surface area contributed by atoms with Gasteiger partial charge in [0.25, 0.3) is 0 Å². The molecule has 0 unspecified atom stereocenters. The molecule has 0 amide bonds. The highest BCUT2D eigenvalue weighted by atomic mass is 16.5. The van der Waals surface area contributed by atoms with Gasteiger partial charge < -0.3 is 9.15 Å². The molecule has 0 radical (unpaired) electrons. The average Bonchev–Trinajstić information content (AvgIpc) is 3.38. The average molecular weight is 458 g/mol. The van der Waals surface area contributed by atoms with Crippen LogP contribution in [-0.2, 0) is 9.53 Å². The van der Waals surface area contributed by atoms with Crippen LogP contribution in [0.5, 0.6) is 0 Å². The first-order valence-electron chi connectivity index (χ1n) is 11.3. The van der Waals surface area contributed by atoms with Gasteiger partial charge >= 0.3 is 5.97 Å². The molecule has 35 heavy (non-hydrogen) atoms. The van der Waals surface area contributed by atoms with Crippen molar-refractivity contribution < 1.29 is 13.9 Å². The van der Waals surface area contributed by atoms with E-state index in [-0.39, 0.29) is 0 Å². The molecule has 0 bridgehead atoms. The summed E-state index contributed by atoms with van der Waals surface area (Å²) in [6.45, 7) is 0. The zero-order valence-electron chi connectivity index (χ0n) is 19.2. The van der Waals surface area contributed by atoms with Crippen LogP contribution in [0.2, 0.25) is 0 Å². The minimum absolute atomic E-state index is 0.391. The monoisotopic (exact) mass is 457 g/mol. The van der Waals surface area contributed by atoms with Gasteiger partial charge in [-0.25, -0.2) is 9.78 Å². The first-order valence-corrected chi connectivity index (χ1v) is 11.3. The first-order chi connectivity index (χ1) is 17.2. The van der Waals surface area contributed by atoms with Crippen molar-refractivity contribution in [3.63, 3.8) is 0 Å². The van der Waals surface area contributed by atoms with Crippen molar-refractivity contribution >= 4 is 12.0 Å². The summed E-state index contributed by atoms with van der Waals surface area (Å²) in [4.78, 5) is 16.5. The number of ether oxygens (including phenoxy) is 1. The summed E-state index contributed by atoms with van der Waals surface area (Å²) < 4.78 is 11.1. The third-order valence-electron chi connectivity index (χ3n) is 5.68. The quantitative estimate of drug-likeness (QED) is 0.195. The van der Waals surface area contributed by atoms with Gasteiger partial charge in [-0.1, -0.05) is 97.1 Å². The fourth-order valence-electron chi connectivity index (χ4n) is 3.98. The maximum Gasteiger partial charge on any atom is 0.330 e. The highest BCUT2D eigenvalue weighted by molar-refractivity contribution is 5.88. The standard InChI is InChI=1S/C31H23NO3/c1-34-28(33)20-19-22-11-10-16-25(21-22)26-17-8-9-18-27(26)31-32-29(23-12-4-2-5-13-23)30(35-31)24-14-6-3-7-15-24/h2-21H,1H3/b20-19+. The number of hydrogen-bond acceptors (Lipinski definition) is 4. The number of nitrogens with zero attached hydrogens (tertiary/aromatic N) is 1. The zero-order chi connectivity index (χ0) is 24.0. The Labute approximate surface area is 204 Å². The summed E-state index contributed by atoms with van der Waals surface area (Å²) in [5.41, 5.74) is 6.53. The van der Waals surface area contributed by atoms with Crippen LogP contribution in [0.15, 0.2) is 120 Å². The van der Waals surface area contributed by atoms with Crippen molar-refractivity contribution in [2.24, 2.45) is 0 Å². The van der Waals surface area contributed by atoms with Crippen LogP contribution in [0, 0.1) is 0 Å². The lowest BCUT2D eigenvalue weighted by atomic mass is 9.98. The molecular weight excluding hydrogens is 434 g/mol. The number of hydrogen-bond donors (Lipinski definition) is 0. The summed E-state index contributed by atoms with van der Waals surface area (Å²) in [6, 6.07) is 36.1. The number of esters is 1. The van der Waals surface area contributed by atoms with E-state index in [4.69, 9.17) is 14.1 Å². The van der Waals surface area contributed by atoms with Gasteiger partial charge in [-0.3, -0.25) is 0 Å². The molecule has 0 atom stereocenters. The normalized spacial score (nSPS) is 11.0. The molecule has 1 heterocycles. The van der Waals surface area contributed by atoms with Gasteiger partial charge in [-0.15, -0.1) is 0 Å². The highest BCUT2D eigenvalue weighted by Gasteiger charge is 2.20. The fourth-order valence-corrected chi connectivity index (χ4v) is 3.98. The van der Waals surface area contributed by atoms with Gasteiger partial charge in [0.1, 0.15) is 5.69 Å². The summed E-state index contributed by atoms with van der Waals surface area (Å²) in [5.74, 6) is 0.891. The second kappa shape index (κ2) is 10.1. The van der Waals surface area contributed by atoms with E-state index < -0.39 is 5.97 Å².